The van der Waals surface area contributed by atoms with Crippen molar-refractivity contribution in [1.82, 2.24) is 5.32 Å². The summed E-state index contributed by atoms with van der Waals surface area (Å²) in [5.74, 6) is -0.145. The highest BCUT2D eigenvalue weighted by molar-refractivity contribution is 6.00. The molecule has 4 heteroatoms. The van der Waals surface area contributed by atoms with Crippen molar-refractivity contribution in [3.8, 4) is 0 Å². The van der Waals surface area contributed by atoms with E-state index in [1.165, 1.54) is 5.56 Å². The van der Waals surface area contributed by atoms with Gasteiger partial charge < -0.3 is 10.2 Å². The highest BCUT2D eigenvalue weighted by Crippen LogP contribution is 2.27. The Balaban J connectivity index is 2.12. The lowest BCUT2D eigenvalue weighted by atomic mass is 9.95. The molecule has 1 heterocycles. The van der Waals surface area contributed by atoms with Gasteiger partial charge in [0.25, 0.3) is 0 Å². The van der Waals surface area contributed by atoms with E-state index in [1.807, 2.05) is 39.0 Å². The summed E-state index contributed by atoms with van der Waals surface area (Å²) >= 11 is 0. The molecule has 0 saturated heterocycles. The number of aryl methyl sites for hydroxylation is 1. The summed E-state index contributed by atoms with van der Waals surface area (Å²) < 4.78 is 0. The molecule has 1 unspecified atom stereocenters. The number of amides is 2. The van der Waals surface area contributed by atoms with Crippen LogP contribution in [0.25, 0.3) is 0 Å². The Hall–Kier alpha value is -1.84. The van der Waals surface area contributed by atoms with E-state index >= 15 is 0 Å². The van der Waals surface area contributed by atoms with Gasteiger partial charge in [0, 0.05) is 17.6 Å². The topological polar surface area (TPSA) is 49.4 Å². The first-order chi connectivity index (χ1) is 9.80. The smallest absolute Gasteiger partial charge is 0.249 e. The third-order valence-corrected chi connectivity index (χ3v) is 3.78. The maximum atomic E-state index is 12.6. The van der Waals surface area contributed by atoms with E-state index in [9.17, 15) is 9.59 Å². The fourth-order valence-corrected chi connectivity index (χ4v) is 2.47. The summed E-state index contributed by atoms with van der Waals surface area (Å²) in [7, 11) is 0. The Bertz CT molecular complexity index is 546. The molecular formula is C17H24N2O2. The van der Waals surface area contributed by atoms with Crippen LogP contribution in [0, 0.1) is 5.41 Å². The van der Waals surface area contributed by atoms with E-state index < -0.39 is 11.5 Å². The number of carbonyl (C=O) groups excluding carboxylic acids is 2. The molecule has 4 nitrogen and oxygen atoms in total. The number of hydrogen-bond acceptors (Lipinski definition) is 2. The van der Waals surface area contributed by atoms with Crippen LogP contribution < -0.4 is 10.2 Å². The summed E-state index contributed by atoms with van der Waals surface area (Å²) in [6.45, 7) is 8.00. The van der Waals surface area contributed by atoms with Gasteiger partial charge in [-0.15, -0.1) is 0 Å². The molecule has 0 aliphatic carbocycles. The molecule has 1 atom stereocenters. The van der Waals surface area contributed by atoms with E-state index in [2.05, 4.69) is 11.4 Å². The molecule has 21 heavy (non-hydrogen) atoms. The molecule has 2 amide bonds. The second-order valence-corrected chi connectivity index (χ2v) is 6.67. The lowest BCUT2D eigenvalue weighted by Gasteiger charge is -2.32. The largest absolute Gasteiger partial charge is 0.344 e. The summed E-state index contributed by atoms with van der Waals surface area (Å²) in [4.78, 5) is 26.5. The zero-order valence-electron chi connectivity index (χ0n) is 13.3. The molecule has 0 fully saturated rings. The third-order valence-electron chi connectivity index (χ3n) is 3.78. The number of carbonyl (C=O) groups is 2. The molecule has 1 aliphatic heterocycles. The normalized spacial score (nSPS) is 16.1. The zero-order valence-corrected chi connectivity index (χ0v) is 13.3. The molecule has 0 bridgehead atoms. The SMILES string of the molecule is CC(NC(=O)C(C)(C)C)C(=O)N1CCCc2ccccc21. The predicted molar refractivity (Wildman–Crippen MR) is 84.2 cm³/mol. The molecule has 2 rings (SSSR count). The van der Waals surface area contributed by atoms with Crippen LogP contribution in [0.3, 0.4) is 0 Å². The van der Waals surface area contributed by atoms with Crippen molar-refractivity contribution in [3.05, 3.63) is 29.8 Å². The standard InChI is InChI=1S/C17H24N2O2/c1-12(18-16(21)17(2,3)4)15(20)19-11-7-9-13-8-5-6-10-14(13)19/h5-6,8,10,12H,7,9,11H2,1-4H3,(H,18,21). The molecule has 114 valence electrons. The van der Waals surface area contributed by atoms with E-state index in [0.29, 0.717) is 6.54 Å². The van der Waals surface area contributed by atoms with Crippen molar-refractivity contribution in [2.24, 2.45) is 5.41 Å². The quantitative estimate of drug-likeness (QED) is 0.909. The first kappa shape index (κ1) is 15.5. The van der Waals surface area contributed by atoms with Crippen LogP contribution in [-0.4, -0.2) is 24.4 Å². The second kappa shape index (κ2) is 5.88. The minimum Gasteiger partial charge on any atom is -0.344 e. The molecule has 1 N–H and O–H groups in total. The van der Waals surface area contributed by atoms with Gasteiger partial charge in [0.05, 0.1) is 0 Å². The summed E-state index contributed by atoms with van der Waals surface area (Å²) in [6, 6.07) is 7.47. The molecule has 0 saturated carbocycles. The van der Waals surface area contributed by atoms with Gasteiger partial charge in [0.2, 0.25) is 11.8 Å². The number of hydrogen-bond donors (Lipinski definition) is 1. The van der Waals surface area contributed by atoms with Crippen LogP contribution in [0.15, 0.2) is 24.3 Å². The fraction of sp³-hybridized carbons (Fsp3) is 0.529. The number of anilines is 1. The third kappa shape index (κ3) is 3.43. The van der Waals surface area contributed by atoms with Gasteiger partial charge in [-0.2, -0.15) is 0 Å². The highest BCUT2D eigenvalue weighted by atomic mass is 16.2. The van der Waals surface area contributed by atoms with Gasteiger partial charge in [-0.1, -0.05) is 39.0 Å². The van der Waals surface area contributed by atoms with Crippen molar-refractivity contribution in [2.75, 3.05) is 11.4 Å². The number of benzene rings is 1. The van der Waals surface area contributed by atoms with Gasteiger partial charge in [0.1, 0.15) is 6.04 Å². The Morgan fingerprint density at radius 3 is 2.57 bits per heavy atom. The summed E-state index contributed by atoms with van der Waals surface area (Å²) in [6.07, 6.45) is 1.96. The lowest BCUT2D eigenvalue weighted by Crippen LogP contribution is -2.50. The van der Waals surface area contributed by atoms with Crippen LogP contribution >= 0.6 is 0 Å². The molecule has 0 spiro atoms. The van der Waals surface area contributed by atoms with Gasteiger partial charge in [-0.3, -0.25) is 9.59 Å². The van der Waals surface area contributed by atoms with Crippen molar-refractivity contribution in [3.63, 3.8) is 0 Å². The maximum absolute atomic E-state index is 12.6. The first-order valence-corrected chi connectivity index (χ1v) is 7.51. The lowest BCUT2D eigenvalue weighted by molar-refractivity contribution is -0.132. The molecule has 0 radical (unpaired) electrons. The number of nitrogens with zero attached hydrogens (tertiary/aromatic N) is 1. The van der Waals surface area contributed by atoms with Crippen LogP contribution in [-0.2, 0) is 16.0 Å². The van der Waals surface area contributed by atoms with Crippen LogP contribution in [0.5, 0.6) is 0 Å². The van der Waals surface area contributed by atoms with Crippen molar-refractivity contribution in [1.29, 1.82) is 0 Å². The Kier molecular flexibility index (Phi) is 4.35. The van der Waals surface area contributed by atoms with Crippen LogP contribution in [0.1, 0.15) is 39.7 Å². The number of para-hydroxylation sites is 1. The monoisotopic (exact) mass is 288 g/mol. The van der Waals surface area contributed by atoms with Crippen LogP contribution in [0.2, 0.25) is 0 Å². The Morgan fingerprint density at radius 1 is 1.24 bits per heavy atom. The zero-order chi connectivity index (χ0) is 15.6. The van der Waals surface area contributed by atoms with E-state index in [0.717, 1.165) is 18.5 Å². The highest BCUT2D eigenvalue weighted by Gasteiger charge is 2.29. The van der Waals surface area contributed by atoms with Gasteiger partial charge >= 0.3 is 0 Å². The average molecular weight is 288 g/mol. The minimum atomic E-state index is -0.511. The molecular weight excluding hydrogens is 264 g/mol. The van der Waals surface area contributed by atoms with Crippen molar-refractivity contribution in [2.45, 2.75) is 46.6 Å². The number of rotatable bonds is 2. The molecule has 1 aromatic rings. The second-order valence-electron chi connectivity index (χ2n) is 6.67. The van der Waals surface area contributed by atoms with E-state index in [1.54, 1.807) is 11.8 Å². The Morgan fingerprint density at radius 2 is 1.90 bits per heavy atom. The van der Waals surface area contributed by atoms with Gasteiger partial charge in [-0.05, 0) is 31.4 Å². The number of nitrogens with one attached hydrogen (secondary N) is 1. The van der Waals surface area contributed by atoms with Crippen molar-refractivity contribution < 1.29 is 9.59 Å². The van der Waals surface area contributed by atoms with Crippen LogP contribution in [0.4, 0.5) is 5.69 Å². The first-order valence-electron chi connectivity index (χ1n) is 7.51. The molecule has 1 aromatic carbocycles. The minimum absolute atomic E-state index is 0.0419. The predicted octanol–water partition coefficient (Wildman–Crippen LogP) is 2.52. The molecule has 1 aliphatic rings. The van der Waals surface area contributed by atoms with Gasteiger partial charge in [0.15, 0.2) is 0 Å². The summed E-state index contributed by atoms with van der Waals surface area (Å²) in [5, 5.41) is 2.82. The van der Waals surface area contributed by atoms with E-state index in [-0.39, 0.29) is 11.8 Å². The van der Waals surface area contributed by atoms with Gasteiger partial charge in [-0.25, -0.2) is 0 Å². The Labute approximate surface area is 126 Å². The fourth-order valence-electron chi connectivity index (χ4n) is 2.47. The summed E-state index contributed by atoms with van der Waals surface area (Å²) in [5.41, 5.74) is 1.69. The molecule has 0 aromatic heterocycles. The number of fused-ring (bicyclic) bond motifs is 1. The average Bonchev–Trinajstić information content (AvgIpc) is 2.44. The van der Waals surface area contributed by atoms with Crippen molar-refractivity contribution >= 4 is 17.5 Å². The van der Waals surface area contributed by atoms with E-state index in [4.69, 9.17) is 0 Å². The maximum Gasteiger partial charge on any atom is 0.249 e.